The van der Waals surface area contributed by atoms with E-state index in [0.717, 1.165) is 61.3 Å². The lowest BCUT2D eigenvalue weighted by atomic mass is 10.1. The highest BCUT2D eigenvalue weighted by molar-refractivity contribution is 7.80. The van der Waals surface area contributed by atoms with E-state index < -0.39 is 0 Å². The molecule has 2 heterocycles. The quantitative estimate of drug-likeness (QED) is 0.827. The number of rotatable bonds is 4. The van der Waals surface area contributed by atoms with Gasteiger partial charge in [-0.15, -0.1) is 0 Å². The monoisotopic (exact) mass is 376 g/mol. The Labute approximate surface area is 159 Å². The van der Waals surface area contributed by atoms with Crippen LogP contribution in [0.25, 0.3) is 0 Å². The van der Waals surface area contributed by atoms with Crippen LogP contribution in [0.4, 0.5) is 4.39 Å². The fourth-order valence-corrected chi connectivity index (χ4v) is 3.52. The third-order valence-corrected chi connectivity index (χ3v) is 5.02. The van der Waals surface area contributed by atoms with Crippen molar-refractivity contribution < 1.29 is 8.91 Å². The molecule has 1 aliphatic heterocycles. The molecule has 140 valence electrons. The van der Waals surface area contributed by atoms with Gasteiger partial charge in [-0.25, -0.2) is 4.39 Å². The largest absolute Gasteiger partial charge is 0.361 e. The summed E-state index contributed by atoms with van der Waals surface area (Å²) >= 11 is 5.60. The molecule has 0 spiro atoms. The van der Waals surface area contributed by atoms with Gasteiger partial charge in [-0.2, -0.15) is 0 Å². The van der Waals surface area contributed by atoms with Crippen molar-refractivity contribution in [1.29, 1.82) is 0 Å². The first-order chi connectivity index (χ1) is 12.5. The predicted molar refractivity (Wildman–Crippen MR) is 103 cm³/mol. The molecular formula is C19H25FN4OS. The van der Waals surface area contributed by atoms with Gasteiger partial charge in [0.1, 0.15) is 11.6 Å². The second-order valence-electron chi connectivity index (χ2n) is 6.77. The minimum atomic E-state index is -0.224. The van der Waals surface area contributed by atoms with Crippen LogP contribution in [0.3, 0.4) is 0 Å². The number of hydrogen-bond donors (Lipinski definition) is 1. The lowest BCUT2D eigenvalue weighted by Crippen LogP contribution is -2.42. The van der Waals surface area contributed by atoms with E-state index in [4.69, 9.17) is 16.7 Å². The molecule has 26 heavy (non-hydrogen) atoms. The third kappa shape index (κ3) is 5.02. The van der Waals surface area contributed by atoms with Gasteiger partial charge < -0.3 is 14.7 Å². The number of nitrogens with zero attached hydrogens (tertiary/aromatic N) is 3. The molecule has 5 nitrogen and oxygen atoms in total. The van der Waals surface area contributed by atoms with Crippen LogP contribution in [0.15, 0.2) is 34.9 Å². The predicted octanol–water partition coefficient (Wildman–Crippen LogP) is 3.27. The van der Waals surface area contributed by atoms with Crippen molar-refractivity contribution in [3.63, 3.8) is 0 Å². The molecule has 1 aliphatic rings. The zero-order chi connectivity index (χ0) is 18.5. The number of benzene rings is 1. The van der Waals surface area contributed by atoms with E-state index in [1.54, 1.807) is 12.1 Å². The van der Waals surface area contributed by atoms with E-state index >= 15 is 0 Å². The lowest BCUT2D eigenvalue weighted by Gasteiger charge is -2.27. The van der Waals surface area contributed by atoms with E-state index in [0.29, 0.717) is 0 Å². The Morgan fingerprint density at radius 2 is 2.04 bits per heavy atom. The molecule has 1 saturated heterocycles. The van der Waals surface area contributed by atoms with Crippen LogP contribution in [0, 0.1) is 12.7 Å². The number of aromatic nitrogens is 1. The Morgan fingerprint density at radius 1 is 1.27 bits per heavy atom. The summed E-state index contributed by atoms with van der Waals surface area (Å²) in [6.07, 6.45) is 1.05. The zero-order valence-electron chi connectivity index (χ0n) is 15.2. The number of hydrogen-bond acceptors (Lipinski definition) is 4. The molecular weight excluding hydrogens is 351 g/mol. The van der Waals surface area contributed by atoms with Gasteiger partial charge >= 0.3 is 0 Å². The van der Waals surface area contributed by atoms with Gasteiger partial charge in [0.15, 0.2) is 5.11 Å². The Bertz CT molecular complexity index is 733. The Balaban J connectivity index is 1.51. The molecule has 1 fully saturated rings. The molecule has 0 amide bonds. The minimum absolute atomic E-state index is 0.0422. The highest BCUT2D eigenvalue weighted by atomic mass is 32.1. The first kappa shape index (κ1) is 18.8. The molecule has 0 bridgehead atoms. The Hall–Kier alpha value is -1.99. The molecule has 7 heteroatoms. The van der Waals surface area contributed by atoms with Gasteiger partial charge in [-0.05, 0) is 50.2 Å². The molecule has 0 radical (unpaired) electrons. The molecule has 1 N–H and O–H groups in total. The van der Waals surface area contributed by atoms with E-state index in [9.17, 15) is 4.39 Å². The van der Waals surface area contributed by atoms with Crippen LogP contribution in [0.2, 0.25) is 0 Å². The van der Waals surface area contributed by atoms with Crippen molar-refractivity contribution in [2.75, 3.05) is 26.2 Å². The van der Waals surface area contributed by atoms with Crippen LogP contribution in [-0.4, -0.2) is 46.2 Å². The van der Waals surface area contributed by atoms with Crippen molar-refractivity contribution in [3.05, 3.63) is 53.2 Å². The van der Waals surface area contributed by atoms with Gasteiger partial charge in [0, 0.05) is 38.8 Å². The average molecular weight is 377 g/mol. The first-order valence-electron chi connectivity index (χ1n) is 8.97. The highest BCUT2D eigenvalue weighted by Crippen LogP contribution is 2.14. The zero-order valence-corrected chi connectivity index (χ0v) is 16.1. The molecule has 1 atom stereocenters. The highest BCUT2D eigenvalue weighted by Gasteiger charge is 2.19. The summed E-state index contributed by atoms with van der Waals surface area (Å²) in [7, 11) is 0. The van der Waals surface area contributed by atoms with Gasteiger partial charge in [0.05, 0.1) is 11.7 Å². The topological polar surface area (TPSA) is 44.5 Å². The second-order valence-corrected chi connectivity index (χ2v) is 7.16. The molecule has 1 aromatic heterocycles. The van der Waals surface area contributed by atoms with E-state index in [-0.39, 0.29) is 11.9 Å². The summed E-state index contributed by atoms with van der Waals surface area (Å²) in [5, 5.41) is 8.20. The summed E-state index contributed by atoms with van der Waals surface area (Å²) in [4.78, 5) is 4.59. The van der Waals surface area contributed by atoms with Gasteiger partial charge in [0.2, 0.25) is 0 Å². The van der Waals surface area contributed by atoms with E-state index in [1.807, 2.05) is 19.9 Å². The lowest BCUT2D eigenvalue weighted by molar-refractivity contribution is 0.267. The summed E-state index contributed by atoms with van der Waals surface area (Å²) in [6.45, 7) is 8.49. The maximum Gasteiger partial charge on any atom is 0.169 e. The second kappa shape index (κ2) is 8.60. The number of thiocarbonyl (C=S) groups is 1. The fraction of sp³-hybridized carbons (Fsp3) is 0.474. The first-order valence-corrected chi connectivity index (χ1v) is 9.37. The van der Waals surface area contributed by atoms with Crippen LogP contribution < -0.4 is 5.32 Å². The van der Waals surface area contributed by atoms with E-state index in [2.05, 4.69) is 20.3 Å². The summed E-state index contributed by atoms with van der Waals surface area (Å²) in [5.74, 6) is 0.620. The minimum Gasteiger partial charge on any atom is -0.361 e. The molecule has 3 rings (SSSR count). The summed E-state index contributed by atoms with van der Waals surface area (Å²) < 4.78 is 18.2. The van der Waals surface area contributed by atoms with Crippen LogP contribution in [-0.2, 0) is 6.54 Å². The third-order valence-electron chi connectivity index (χ3n) is 4.65. The SMILES string of the molecule is Cc1cc(CN2CCCN(C(=S)NC(C)c3ccc(F)cc3)CC2)no1. The van der Waals surface area contributed by atoms with Gasteiger partial charge in [-0.1, -0.05) is 17.3 Å². The number of nitrogens with one attached hydrogen (secondary N) is 1. The number of aryl methyl sites for hydroxylation is 1. The normalized spacial score (nSPS) is 17.0. The molecule has 0 saturated carbocycles. The van der Waals surface area contributed by atoms with Crippen LogP contribution in [0.1, 0.15) is 36.4 Å². The molecule has 1 aromatic carbocycles. The van der Waals surface area contributed by atoms with Crippen molar-refractivity contribution in [2.24, 2.45) is 0 Å². The maximum atomic E-state index is 13.1. The van der Waals surface area contributed by atoms with Gasteiger partial charge in [0.25, 0.3) is 0 Å². The number of halogens is 1. The standard InChI is InChI=1S/C19H25FN4OS/c1-14-12-18(22-25-14)13-23-8-3-9-24(11-10-23)19(26)21-15(2)16-4-6-17(20)7-5-16/h4-7,12,15H,3,8-11,13H2,1-2H3,(H,21,26). The molecule has 2 aromatic rings. The average Bonchev–Trinajstić information content (AvgIpc) is 2.88. The maximum absolute atomic E-state index is 13.1. The van der Waals surface area contributed by atoms with Crippen molar-refractivity contribution in [1.82, 2.24) is 20.3 Å². The van der Waals surface area contributed by atoms with Crippen molar-refractivity contribution in [2.45, 2.75) is 32.9 Å². The fourth-order valence-electron chi connectivity index (χ4n) is 3.16. The summed E-state index contributed by atoms with van der Waals surface area (Å²) in [5.41, 5.74) is 1.99. The van der Waals surface area contributed by atoms with Gasteiger partial charge in [-0.3, -0.25) is 4.90 Å². The van der Waals surface area contributed by atoms with E-state index in [1.165, 1.54) is 12.1 Å². The van der Waals surface area contributed by atoms with Crippen molar-refractivity contribution >= 4 is 17.3 Å². The van der Waals surface area contributed by atoms with Crippen LogP contribution in [0.5, 0.6) is 0 Å². The van der Waals surface area contributed by atoms with Crippen molar-refractivity contribution in [3.8, 4) is 0 Å². The van der Waals surface area contributed by atoms with Crippen LogP contribution >= 0.6 is 12.2 Å². The summed E-state index contributed by atoms with van der Waals surface area (Å²) in [6, 6.07) is 8.57. The smallest absolute Gasteiger partial charge is 0.169 e. The Kier molecular flexibility index (Phi) is 6.21. The molecule has 1 unspecified atom stereocenters. The molecule has 0 aliphatic carbocycles. The Morgan fingerprint density at radius 3 is 2.73 bits per heavy atom.